The van der Waals surface area contributed by atoms with Crippen LogP contribution in [0.2, 0.25) is 0 Å². The molecule has 1 aliphatic rings. The van der Waals surface area contributed by atoms with E-state index in [1.807, 2.05) is 0 Å². The van der Waals surface area contributed by atoms with Crippen molar-refractivity contribution in [2.45, 2.75) is 6.04 Å². The number of hydrogen-bond donors (Lipinski definition) is 3. The first-order valence-corrected chi connectivity index (χ1v) is 6.58. The lowest BCUT2D eigenvalue weighted by atomic mass is 10.3. The van der Waals surface area contributed by atoms with Gasteiger partial charge in [-0.05, 0) is 0 Å². The van der Waals surface area contributed by atoms with E-state index in [-0.39, 0.29) is 24.8 Å². The maximum atomic E-state index is 11.1. The van der Waals surface area contributed by atoms with E-state index in [4.69, 9.17) is 0 Å². The second-order valence-corrected chi connectivity index (χ2v) is 5.59. The molecule has 16 heavy (non-hydrogen) atoms. The van der Waals surface area contributed by atoms with Gasteiger partial charge in [0.25, 0.3) is 5.91 Å². The van der Waals surface area contributed by atoms with Gasteiger partial charge in [0.2, 0.25) is 0 Å². The van der Waals surface area contributed by atoms with Gasteiger partial charge in [-0.2, -0.15) is 0 Å². The van der Waals surface area contributed by atoms with Gasteiger partial charge in [0.05, 0.1) is 5.75 Å². The molecule has 9 heteroatoms. The van der Waals surface area contributed by atoms with E-state index in [9.17, 15) is 18.0 Å². The minimum atomic E-state index is -3.15. The summed E-state index contributed by atoms with van der Waals surface area (Å²) in [5, 5.41) is 2.28. The molecule has 2 amide bonds. The van der Waals surface area contributed by atoms with Crippen LogP contribution >= 0.6 is 0 Å². The number of sulfone groups is 1. The quantitative estimate of drug-likeness (QED) is 0.520. The van der Waals surface area contributed by atoms with E-state index >= 15 is 0 Å². The Labute approximate surface area is 92.6 Å². The summed E-state index contributed by atoms with van der Waals surface area (Å²) in [6, 6.07) is -0.689. The normalized spacial score (nSPS) is 20.3. The van der Waals surface area contributed by atoms with Crippen molar-refractivity contribution in [3.05, 3.63) is 0 Å². The molecule has 0 aliphatic carbocycles. The van der Waals surface area contributed by atoms with Crippen LogP contribution < -0.4 is 16.2 Å². The Morgan fingerprint density at radius 1 is 1.62 bits per heavy atom. The Bertz CT molecular complexity index is 379. The van der Waals surface area contributed by atoms with Crippen LogP contribution in [0.1, 0.15) is 0 Å². The zero-order chi connectivity index (χ0) is 12.2. The van der Waals surface area contributed by atoms with Gasteiger partial charge in [-0.25, -0.2) is 18.6 Å². The van der Waals surface area contributed by atoms with Crippen molar-refractivity contribution in [3.8, 4) is 0 Å². The number of hydrazine groups is 1. The Hall–Kier alpha value is -1.35. The molecule has 0 bridgehead atoms. The van der Waals surface area contributed by atoms with Crippen LogP contribution in [0.5, 0.6) is 0 Å². The minimum absolute atomic E-state index is 0.230. The first-order valence-electron chi connectivity index (χ1n) is 4.52. The number of hydrogen-bond acceptors (Lipinski definition) is 6. The average Bonchev–Trinajstić information content (AvgIpc) is 2.49. The molecular formula is C7H13N3O5S. The largest absolute Gasteiger partial charge is 0.448 e. The van der Waals surface area contributed by atoms with E-state index in [0.717, 1.165) is 6.26 Å². The zero-order valence-electron chi connectivity index (χ0n) is 8.65. The third-order valence-electron chi connectivity index (χ3n) is 1.81. The van der Waals surface area contributed by atoms with Gasteiger partial charge in [-0.3, -0.25) is 10.2 Å². The van der Waals surface area contributed by atoms with Gasteiger partial charge in [0, 0.05) is 12.8 Å². The first-order chi connectivity index (χ1) is 7.38. The van der Waals surface area contributed by atoms with Gasteiger partial charge < -0.3 is 10.1 Å². The fraction of sp³-hybridized carbons (Fsp3) is 0.714. The summed E-state index contributed by atoms with van der Waals surface area (Å²) in [5.74, 6) is -0.602. The van der Waals surface area contributed by atoms with Gasteiger partial charge in [0.1, 0.15) is 12.6 Å². The molecule has 1 fully saturated rings. The molecule has 0 aromatic rings. The number of nitrogens with one attached hydrogen (secondary N) is 3. The molecule has 0 saturated carbocycles. The zero-order valence-corrected chi connectivity index (χ0v) is 9.46. The van der Waals surface area contributed by atoms with Crippen LogP contribution in [0.25, 0.3) is 0 Å². The Balaban J connectivity index is 2.23. The summed E-state index contributed by atoms with van der Waals surface area (Å²) in [6.45, 7) is 0.0342. The second-order valence-electron chi connectivity index (χ2n) is 3.33. The molecule has 1 aliphatic heterocycles. The maximum Gasteiger partial charge on any atom is 0.407 e. The molecule has 0 spiro atoms. The Morgan fingerprint density at radius 3 is 2.81 bits per heavy atom. The van der Waals surface area contributed by atoms with Crippen molar-refractivity contribution in [1.29, 1.82) is 0 Å². The summed E-state index contributed by atoms with van der Waals surface area (Å²) < 4.78 is 26.0. The number of carbonyl (C=O) groups excluding carboxylic acids is 2. The number of amides is 2. The van der Waals surface area contributed by atoms with Crippen molar-refractivity contribution >= 4 is 21.8 Å². The molecule has 1 heterocycles. The van der Waals surface area contributed by atoms with Crippen molar-refractivity contribution in [3.63, 3.8) is 0 Å². The van der Waals surface area contributed by atoms with E-state index in [0.29, 0.717) is 0 Å². The van der Waals surface area contributed by atoms with Crippen LogP contribution in [0.3, 0.4) is 0 Å². The second kappa shape index (κ2) is 5.12. The van der Waals surface area contributed by atoms with Gasteiger partial charge in [-0.1, -0.05) is 0 Å². The van der Waals surface area contributed by atoms with Crippen LogP contribution in [-0.4, -0.2) is 51.6 Å². The van der Waals surface area contributed by atoms with Crippen molar-refractivity contribution in [1.82, 2.24) is 16.2 Å². The molecule has 3 N–H and O–H groups in total. The molecule has 0 aromatic heterocycles. The lowest BCUT2D eigenvalue weighted by Gasteiger charge is -2.09. The van der Waals surface area contributed by atoms with E-state index in [2.05, 4.69) is 20.9 Å². The highest BCUT2D eigenvalue weighted by molar-refractivity contribution is 7.90. The highest BCUT2D eigenvalue weighted by atomic mass is 32.2. The summed E-state index contributed by atoms with van der Waals surface area (Å²) in [6.07, 6.45) is 0.232. The molecule has 0 unspecified atom stereocenters. The highest BCUT2D eigenvalue weighted by Crippen LogP contribution is 1.91. The van der Waals surface area contributed by atoms with E-state index < -0.39 is 22.0 Å². The van der Waals surface area contributed by atoms with Crippen LogP contribution in [0.4, 0.5) is 4.79 Å². The fourth-order valence-corrected chi connectivity index (χ4v) is 1.39. The van der Waals surface area contributed by atoms with Crippen LogP contribution in [0, 0.1) is 0 Å². The number of ether oxygens (including phenoxy) is 1. The lowest BCUT2D eigenvalue weighted by molar-refractivity contribution is -0.121. The predicted octanol–water partition coefficient (Wildman–Crippen LogP) is -2.24. The summed E-state index contributed by atoms with van der Waals surface area (Å²) >= 11 is 0. The fourth-order valence-electron chi connectivity index (χ4n) is 1.01. The summed E-state index contributed by atoms with van der Waals surface area (Å²) in [5.41, 5.74) is 4.84. The highest BCUT2D eigenvalue weighted by Gasteiger charge is 2.25. The third-order valence-corrected chi connectivity index (χ3v) is 2.72. The Morgan fingerprint density at radius 2 is 2.31 bits per heavy atom. The van der Waals surface area contributed by atoms with E-state index in [1.165, 1.54) is 0 Å². The van der Waals surface area contributed by atoms with Crippen LogP contribution in [0.15, 0.2) is 0 Å². The smallest absolute Gasteiger partial charge is 0.407 e. The SMILES string of the molecule is CS(=O)(=O)CCOC(=O)N[C@@H]1CNNC1=O. The minimum Gasteiger partial charge on any atom is -0.448 e. The molecule has 1 saturated heterocycles. The summed E-state index contributed by atoms with van der Waals surface area (Å²) in [7, 11) is -3.15. The van der Waals surface area contributed by atoms with Crippen molar-refractivity contribution in [2.75, 3.05) is 25.2 Å². The standard InChI is InChI=1S/C7H13N3O5S/c1-16(13,14)3-2-15-7(12)9-5-4-8-10-6(5)11/h5,8H,2-4H2,1H3,(H,9,12)(H,10,11)/t5-/m1/s1. The van der Waals surface area contributed by atoms with Gasteiger partial charge >= 0.3 is 6.09 Å². The van der Waals surface area contributed by atoms with Gasteiger partial charge in [0.15, 0.2) is 9.84 Å². The topological polar surface area (TPSA) is 114 Å². The molecule has 1 rings (SSSR count). The summed E-state index contributed by atoms with van der Waals surface area (Å²) in [4.78, 5) is 22.1. The number of rotatable bonds is 4. The average molecular weight is 251 g/mol. The predicted molar refractivity (Wildman–Crippen MR) is 54.1 cm³/mol. The molecule has 92 valence electrons. The molecule has 8 nitrogen and oxygen atoms in total. The number of carbonyl (C=O) groups is 2. The maximum absolute atomic E-state index is 11.1. The Kier molecular flexibility index (Phi) is 4.07. The van der Waals surface area contributed by atoms with E-state index in [1.54, 1.807) is 0 Å². The van der Waals surface area contributed by atoms with Crippen molar-refractivity contribution < 1.29 is 22.7 Å². The van der Waals surface area contributed by atoms with Crippen molar-refractivity contribution in [2.24, 2.45) is 0 Å². The van der Waals surface area contributed by atoms with Gasteiger partial charge in [-0.15, -0.1) is 0 Å². The molecule has 0 aromatic carbocycles. The third kappa shape index (κ3) is 4.45. The number of alkyl carbamates (subject to hydrolysis) is 1. The molecule has 0 radical (unpaired) electrons. The monoisotopic (exact) mass is 251 g/mol. The van der Waals surface area contributed by atoms with Crippen LogP contribution in [-0.2, 0) is 19.4 Å². The molecular weight excluding hydrogens is 238 g/mol. The first kappa shape index (κ1) is 12.7. The molecule has 1 atom stereocenters. The lowest BCUT2D eigenvalue weighted by Crippen LogP contribution is -2.42.